The van der Waals surface area contributed by atoms with Gasteiger partial charge in [0.1, 0.15) is 18.1 Å². The highest BCUT2D eigenvalue weighted by Crippen LogP contribution is 2.22. The Balaban J connectivity index is 1.51. The number of aromatic nitrogens is 1. The molecule has 1 N–H and O–H groups in total. The molecule has 7 nitrogen and oxygen atoms in total. The van der Waals surface area contributed by atoms with Gasteiger partial charge in [0.15, 0.2) is 0 Å². The fraction of sp³-hybridized carbons (Fsp3) is 0.346. The fourth-order valence-corrected chi connectivity index (χ4v) is 3.74. The first-order valence-electron chi connectivity index (χ1n) is 10.9. The zero-order valence-electron chi connectivity index (χ0n) is 20.1. The number of likely N-dealkylation sites (N-methyl/N-ethyl adjacent to an activating group) is 1. The Kier molecular flexibility index (Phi) is 7.53. The van der Waals surface area contributed by atoms with E-state index in [-0.39, 0.29) is 24.8 Å². The molecule has 3 aromatic rings. The molecule has 0 saturated heterocycles. The van der Waals surface area contributed by atoms with Crippen LogP contribution in [0.5, 0.6) is 5.75 Å². The standard InChI is InChI=1S/C26H31N3O4/c1-16-11-17(2)26(18(3)12-16)27-24(30)14-29(6)25(31)13-21-7-9-22(10-8-21)32-15-23-19(4)28-33-20(23)5/h7-12H,13-15H2,1-6H3,(H,27,30). The fourth-order valence-electron chi connectivity index (χ4n) is 3.74. The summed E-state index contributed by atoms with van der Waals surface area (Å²) in [5.74, 6) is 1.09. The van der Waals surface area contributed by atoms with Gasteiger partial charge in [0.05, 0.1) is 24.2 Å². The van der Waals surface area contributed by atoms with E-state index in [9.17, 15) is 9.59 Å². The van der Waals surface area contributed by atoms with Gasteiger partial charge in [-0.3, -0.25) is 9.59 Å². The third-order valence-electron chi connectivity index (χ3n) is 5.59. The molecule has 1 aromatic heterocycles. The van der Waals surface area contributed by atoms with Crippen molar-refractivity contribution in [3.8, 4) is 5.75 Å². The van der Waals surface area contributed by atoms with Crippen LogP contribution in [0.3, 0.4) is 0 Å². The van der Waals surface area contributed by atoms with Crippen LogP contribution < -0.4 is 10.1 Å². The number of carbonyl (C=O) groups excluding carboxylic acids is 2. The van der Waals surface area contributed by atoms with E-state index in [2.05, 4.69) is 10.5 Å². The smallest absolute Gasteiger partial charge is 0.243 e. The van der Waals surface area contributed by atoms with Gasteiger partial charge in [-0.2, -0.15) is 0 Å². The maximum atomic E-state index is 12.6. The van der Waals surface area contributed by atoms with Crippen molar-refractivity contribution < 1.29 is 18.8 Å². The molecular weight excluding hydrogens is 418 g/mol. The molecule has 174 valence electrons. The minimum Gasteiger partial charge on any atom is -0.489 e. The molecule has 0 radical (unpaired) electrons. The van der Waals surface area contributed by atoms with Crippen LogP contribution in [0.15, 0.2) is 40.9 Å². The summed E-state index contributed by atoms with van der Waals surface area (Å²) in [7, 11) is 1.64. The second-order valence-corrected chi connectivity index (χ2v) is 8.48. The van der Waals surface area contributed by atoms with Crippen LogP contribution in [-0.2, 0) is 22.6 Å². The van der Waals surface area contributed by atoms with Gasteiger partial charge in [-0.1, -0.05) is 35.0 Å². The van der Waals surface area contributed by atoms with Gasteiger partial charge in [0, 0.05) is 12.7 Å². The first-order valence-corrected chi connectivity index (χ1v) is 10.9. The number of hydrogen-bond acceptors (Lipinski definition) is 5. The van der Waals surface area contributed by atoms with Gasteiger partial charge < -0.3 is 19.5 Å². The molecule has 0 aliphatic heterocycles. The Morgan fingerprint density at radius 1 is 1.03 bits per heavy atom. The summed E-state index contributed by atoms with van der Waals surface area (Å²) in [5, 5.41) is 6.86. The minimum absolute atomic E-state index is 0.00970. The minimum atomic E-state index is -0.219. The second-order valence-electron chi connectivity index (χ2n) is 8.48. The van der Waals surface area contributed by atoms with Gasteiger partial charge >= 0.3 is 0 Å². The van der Waals surface area contributed by atoms with E-state index in [1.165, 1.54) is 4.90 Å². The second kappa shape index (κ2) is 10.3. The summed E-state index contributed by atoms with van der Waals surface area (Å²) in [6.07, 6.45) is 0.205. The molecule has 3 rings (SSSR count). The SMILES string of the molecule is Cc1cc(C)c(NC(=O)CN(C)C(=O)Cc2ccc(OCc3c(C)noc3C)cc2)c(C)c1. The van der Waals surface area contributed by atoms with Crippen LogP contribution in [-0.4, -0.2) is 35.5 Å². The molecule has 0 aliphatic carbocycles. The number of benzene rings is 2. The number of nitrogens with one attached hydrogen (secondary N) is 1. The summed E-state index contributed by atoms with van der Waals surface area (Å²) in [6, 6.07) is 11.4. The molecule has 2 amide bonds. The molecule has 1 heterocycles. The molecule has 0 saturated carbocycles. The Morgan fingerprint density at radius 3 is 2.24 bits per heavy atom. The lowest BCUT2D eigenvalue weighted by Crippen LogP contribution is -2.36. The van der Waals surface area contributed by atoms with Crippen LogP contribution in [0.25, 0.3) is 0 Å². The van der Waals surface area contributed by atoms with Crippen molar-refractivity contribution in [1.29, 1.82) is 0 Å². The average Bonchev–Trinajstić information content (AvgIpc) is 3.07. The maximum Gasteiger partial charge on any atom is 0.243 e. The highest BCUT2D eigenvalue weighted by molar-refractivity contribution is 5.96. The normalized spacial score (nSPS) is 10.7. The molecule has 0 spiro atoms. The summed E-state index contributed by atoms with van der Waals surface area (Å²) >= 11 is 0. The third kappa shape index (κ3) is 6.22. The van der Waals surface area contributed by atoms with Crippen LogP contribution >= 0.6 is 0 Å². The predicted molar refractivity (Wildman–Crippen MR) is 127 cm³/mol. The zero-order chi connectivity index (χ0) is 24.1. The van der Waals surface area contributed by atoms with Crippen LogP contribution in [0.1, 0.15) is 39.3 Å². The molecule has 33 heavy (non-hydrogen) atoms. The Hall–Kier alpha value is -3.61. The van der Waals surface area contributed by atoms with E-state index in [1.54, 1.807) is 7.05 Å². The zero-order valence-corrected chi connectivity index (χ0v) is 20.1. The summed E-state index contributed by atoms with van der Waals surface area (Å²) in [4.78, 5) is 26.6. The molecule has 0 aliphatic rings. The number of amides is 2. The van der Waals surface area contributed by atoms with Crippen LogP contribution in [0.2, 0.25) is 0 Å². The van der Waals surface area contributed by atoms with E-state index < -0.39 is 0 Å². The van der Waals surface area contributed by atoms with Gasteiger partial charge in [0.2, 0.25) is 11.8 Å². The third-order valence-corrected chi connectivity index (χ3v) is 5.59. The first-order chi connectivity index (χ1) is 15.6. The molecule has 7 heteroatoms. The molecular formula is C26H31N3O4. The number of nitrogens with zero attached hydrogens (tertiary/aromatic N) is 2. The Bertz CT molecular complexity index is 1110. The van der Waals surface area contributed by atoms with E-state index in [0.29, 0.717) is 12.4 Å². The summed E-state index contributed by atoms with van der Waals surface area (Å²) in [6.45, 7) is 10.0. The lowest BCUT2D eigenvalue weighted by Gasteiger charge is -2.18. The topological polar surface area (TPSA) is 84.7 Å². The van der Waals surface area contributed by atoms with Crippen molar-refractivity contribution in [3.05, 3.63) is 75.7 Å². The number of ether oxygens (including phenoxy) is 1. The largest absolute Gasteiger partial charge is 0.489 e. The van der Waals surface area contributed by atoms with Crippen molar-refractivity contribution in [3.63, 3.8) is 0 Å². The lowest BCUT2D eigenvalue weighted by atomic mass is 10.1. The van der Waals surface area contributed by atoms with E-state index in [4.69, 9.17) is 9.26 Å². The van der Waals surface area contributed by atoms with Gasteiger partial charge in [-0.15, -0.1) is 0 Å². The molecule has 0 fully saturated rings. The number of carbonyl (C=O) groups is 2. The predicted octanol–water partition coefficient (Wildman–Crippen LogP) is 4.44. The van der Waals surface area contributed by atoms with Crippen LogP contribution in [0.4, 0.5) is 5.69 Å². The average molecular weight is 450 g/mol. The number of anilines is 1. The van der Waals surface area contributed by atoms with Crippen molar-refractivity contribution in [2.45, 2.75) is 47.6 Å². The number of rotatable bonds is 8. The number of aryl methyl sites for hydroxylation is 5. The molecule has 0 bridgehead atoms. The van der Waals surface area contributed by atoms with Gasteiger partial charge in [-0.25, -0.2) is 0 Å². The van der Waals surface area contributed by atoms with Crippen molar-refractivity contribution in [2.75, 3.05) is 18.9 Å². The van der Waals surface area contributed by atoms with E-state index in [0.717, 1.165) is 45.0 Å². The number of hydrogen-bond donors (Lipinski definition) is 1. The lowest BCUT2D eigenvalue weighted by molar-refractivity contribution is -0.132. The highest BCUT2D eigenvalue weighted by Gasteiger charge is 2.16. The van der Waals surface area contributed by atoms with Crippen molar-refractivity contribution in [2.24, 2.45) is 0 Å². The summed E-state index contributed by atoms with van der Waals surface area (Å²) < 4.78 is 11.0. The maximum absolute atomic E-state index is 12.6. The Morgan fingerprint density at radius 2 is 1.67 bits per heavy atom. The van der Waals surface area contributed by atoms with E-state index in [1.807, 2.05) is 71.0 Å². The monoisotopic (exact) mass is 449 g/mol. The van der Waals surface area contributed by atoms with Crippen molar-refractivity contribution in [1.82, 2.24) is 10.1 Å². The quantitative estimate of drug-likeness (QED) is 0.550. The molecule has 0 atom stereocenters. The highest BCUT2D eigenvalue weighted by atomic mass is 16.5. The Labute approximate surface area is 194 Å². The molecule has 2 aromatic carbocycles. The van der Waals surface area contributed by atoms with Crippen molar-refractivity contribution >= 4 is 17.5 Å². The van der Waals surface area contributed by atoms with E-state index >= 15 is 0 Å². The first kappa shape index (κ1) is 24.0. The molecule has 0 unspecified atom stereocenters. The van der Waals surface area contributed by atoms with Gasteiger partial charge in [0.25, 0.3) is 0 Å². The summed E-state index contributed by atoms with van der Waals surface area (Å²) in [5.41, 5.74) is 6.56. The van der Waals surface area contributed by atoms with Crippen LogP contribution in [0, 0.1) is 34.6 Å². The van der Waals surface area contributed by atoms with Gasteiger partial charge in [-0.05, 0) is 63.4 Å².